The third-order valence-electron chi connectivity index (χ3n) is 2.11. The van der Waals surface area contributed by atoms with Gasteiger partial charge < -0.3 is 4.74 Å². The molecule has 0 saturated heterocycles. The molecule has 0 fully saturated rings. The molecule has 0 radical (unpaired) electrons. The monoisotopic (exact) mass is 288 g/mol. The molecule has 0 atom stereocenters. The number of halogens is 2. The summed E-state index contributed by atoms with van der Waals surface area (Å²) in [6.45, 7) is 1.94. The van der Waals surface area contributed by atoms with Crippen LogP contribution in [-0.2, 0) is 0 Å². The fraction of sp³-hybridized carbons (Fsp3) is 0.417. The van der Waals surface area contributed by atoms with Crippen LogP contribution in [0.15, 0.2) is 18.2 Å². The summed E-state index contributed by atoms with van der Waals surface area (Å²) in [5.74, 6) is -0.168. The van der Waals surface area contributed by atoms with Gasteiger partial charge >= 0.3 is 0 Å². The largest absolute Gasteiger partial charge is 0.493 e. The highest BCUT2D eigenvalue weighted by atomic mass is 79.9. The van der Waals surface area contributed by atoms with Crippen LogP contribution in [0.1, 0.15) is 30.1 Å². The van der Waals surface area contributed by atoms with Crippen LogP contribution in [0.3, 0.4) is 0 Å². The van der Waals surface area contributed by atoms with Gasteiger partial charge in [0.05, 0.1) is 12.2 Å². The van der Waals surface area contributed by atoms with Crippen LogP contribution in [0.2, 0.25) is 0 Å². The van der Waals surface area contributed by atoms with E-state index in [1.165, 1.54) is 25.1 Å². The van der Waals surface area contributed by atoms with E-state index in [0.717, 1.165) is 18.2 Å². The van der Waals surface area contributed by atoms with E-state index < -0.39 is 0 Å². The predicted octanol–water partition coefficient (Wildman–Crippen LogP) is 3.58. The molecule has 0 bridgehead atoms. The third kappa shape index (κ3) is 3.93. The van der Waals surface area contributed by atoms with Crippen LogP contribution in [-0.4, -0.2) is 17.7 Å². The maximum Gasteiger partial charge on any atom is 0.163 e. The summed E-state index contributed by atoms with van der Waals surface area (Å²) in [5, 5.41) is 0.916. The van der Waals surface area contributed by atoms with E-state index in [1.54, 1.807) is 0 Å². The molecule has 0 aliphatic heterocycles. The lowest BCUT2D eigenvalue weighted by Gasteiger charge is -2.09. The molecule has 1 aromatic carbocycles. The van der Waals surface area contributed by atoms with Crippen molar-refractivity contribution in [3.05, 3.63) is 29.6 Å². The highest BCUT2D eigenvalue weighted by Gasteiger charge is 2.09. The van der Waals surface area contributed by atoms with Crippen LogP contribution in [0.5, 0.6) is 5.75 Å². The number of ketones is 1. The Balaban J connectivity index is 2.68. The second-order valence-electron chi connectivity index (χ2n) is 3.44. The Bertz CT molecular complexity index is 366. The smallest absolute Gasteiger partial charge is 0.163 e. The SMILES string of the molecule is CC(=O)c1ccc(F)cc1OCCCCBr. The average Bonchev–Trinajstić information content (AvgIpc) is 2.24. The summed E-state index contributed by atoms with van der Waals surface area (Å²) < 4.78 is 18.4. The fourth-order valence-electron chi connectivity index (χ4n) is 1.29. The molecule has 0 N–H and O–H groups in total. The van der Waals surface area contributed by atoms with Gasteiger partial charge in [-0.15, -0.1) is 0 Å². The summed E-state index contributed by atoms with van der Waals surface area (Å²) >= 11 is 3.32. The van der Waals surface area contributed by atoms with Crippen LogP contribution in [0.25, 0.3) is 0 Å². The number of ether oxygens (including phenoxy) is 1. The van der Waals surface area contributed by atoms with Gasteiger partial charge in [-0.3, -0.25) is 4.79 Å². The van der Waals surface area contributed by atoms with Crippen LogP contribution in [0, 0.1) is 5.82 Å². The standard InChI is InChI=1S/C12H14BrFO2/c1-9(15)11-5-4-10(14)8-12(11)16-7-3-2-6-13/h4-5,8H,2-3,6-7H2,1H3. The number of Topliss-reactive ketones (excluding diaryl/α,β-unsaturated/α-hetero) is 1. The first-order chi connectivity index (χ1) is 7.65. The van der Waals surface area contributed by atoms with Gasteiger partial charge in [-0.2, -0.15) is 0 Å². The highest BCUT2D eigenvalue weighted by molar-refractivity contribution is 9.09. The van der Waals surface area contributed by atoms with Crippen molar-refractivity contribution in [3.63, 3.8) is 0 Å². The second-order valence-corrected chi connectivity index (χ2v) is 4.23. The molecule has 0 saturated carbocycles. The second kappa shape index (κ2) is 6.63. The molecule has 88 valence electrons. The molecular weight excluding hydrogens is 275 g/mol. The minimum absolute atomic E-state index is 0.115. The van der Waals surface area contributed by atoms with Gasteiger partial charge in [0.1, 0.15) is 11.6 Å². The highest BCUT2D eigenvalue weighted by Crippen LogP contribution is 2.20. The summed E-state index contributed by atoms with van der Waals surface area (Å²) in [4.78, 5) is 11.3. The van der Waals surface area contributed by atoms with E-state index in [1.807, 2.05) is 0 Å². The Hall–Kier alpha value is -0.900. The molecule has 1 rings (SSSR count). The van der Waals surface area contributed by atoms with E-state index >= 15 is 0 Å². The summed E-state index contributed by atoms with van der Waals surface area (Å²) in [7, 11) is 0. The van der Waals surface area contributed by atoms with Gasteiger partial charge in [-0.25, -0.2) is 4.39 Å². The van der Waals surface area contributed by atoms with Crippen molar-refractivity contribution in [1.82, 2.24) is 0 Å². The molecule has 0 aromatic heterocycles. The van der Waals surface area contributed by atoms with E-state index in [0.29, 0.717) is 17.9 Å². The number of unbranched alkanes of at least 4 members (excludes halogenated alkanes) is 1. The number of hydrogen-bond donors (Lipinski definition) is 0. The zero-order valence-electron chi connectivity index (χ0n) is 9.13. The molecule has 4 heteroatoms. The normalized spacial score (nSPS) is 10.2. The van der Waals surface area contributed by atoms with Crippen LogP contribution >= 0.6 is 15.9 Å². The first-order valence-electron chi connectivity index (χ1n) is 5.14. The number of carbonyl (C=O) groups excluding carboxylic acids is 1. The van der Waals surface area contributed by atoms with Gasteiger partial charge in [0.2, 0.25) is 0 Å². The number of benzene rings is 1. The van der Waals surface area contributed by atoms with E-state index in [-0.39, 0.29) is 11.6 Å². The van der Waals surface area contributed by atoms with Crippen molar-refractivity contribution in [2.75, 3.05) is 11.9 Å². The Morgan fingerprint density at radius 2 is 2.19 bits per heavy atom. The van der Waals surface area contributed by atoms with Crippen molar-refractivity contribution in [2.24, 2.45) is 0 Å². The van der Waals surface area contributed by atoms with Crippen molar-refractivity contribution < 1.29 is 13.9 Å². The molecule has 2 nitrogen and oxygen atoms in total. The van der Waals surface area contributed by atoms with E-state index in [2.05, 4.69) is 15.9 Å². The quantitative estimate of drug-likeness (QED) is 0.454. The average molecular weight is 289 g/mol. The third-order valence-corrected chi connectivity index (χ3v) is 2.67. The lowest BCUT2D eigenvalue weighted by molar-refractivity contribution is 0.101. The number of alkyl halides is 1. The van der Waals surface area contributed by atoms with Crippen LogP contribution < -0.4 is 4.74 Å². The van der Waals surface area contributed by atoms with Gasteiger partial charge in [0.15, 0.2) is 5.78 Å². The first-order valence-corrected chi connectivity index (χ1v) is 6.26. The van der Waals surface area contributed by atoms with Crippen molar-refractivity contribution in [3.8, 4) is 5.75 Å². The molecule has 16 heavy (non-hydrogen) atoms. The zero-order chi connectivity index (χ0) is 12.0. The Morgan fingerprint density at radius 3 is 2.81 bits per heavy atom. The minimum Gasteiger partial charge on any atom is -0.493 e. The molecule has 0 amide bonds. The van der Waals surface area contributed by atoms with Gasteiger partial charge in [-0.05, 0) is 31.9 Å². The number of hydrogen-bond acceptors (Lipinski definition) is 2. The predicted molar refractivity (Wildman–Crippen MR) is 64.9 cm³/mol. The Kier molecular flexibility index (Phi) is 5.46. The Labute approximate surface area is 103 Å². The van der Waals surface area contributed by atoms with E-state index in [4.69, 9.17) is 4.74 Å². The molecule has 1 aromatic rings. The Morgan fingerprint density at radius 1 is 1.44 bits per heavy atom. The summed E-state index contributed by atoms with van der Waals surface area (Å²) in [6.07, 6.45) is 1.86. The lowest BCUT2D eigenvalue weighted by atomic mass is 10.1. The van der Waals surface area contributed by atoms with Crippen LogP contribution in [0.4, 0.5) is 4.39 Å². The van der Waals surface area contributed by atoms with Gasteiger partial charge in [-0.1, -0.05) is 15.9 Å². The lowest BCUT2D eigenvalue weighted by Crippen LogP contribution is -2.03. The zero-order valence-corrected chi connectivity index (χ0v) is 10.7. The minimum atomic E-state index is -0.388. The molecule has 0 aliphatic rings. The van der Waals surface area contributed by atoms with Gasteiger partial charge in [0, 0.05) is 11.4 Å². The molecular formula is C12H14BrFO2. The summed E-state index contributed by atoms with van der Waals surface area (Å²) in [5.41, 5.74) is 0.431. The maximum atomic E-state index is 13.0. The number of rotatable bonds is 6. The van der Waals surface area contributed by atoms with Crippen molar-refractivity contribution in [1.29, 1.82) is 0 Å². The topological polar surface area (TPSA) is 26.3 Å². The summed E-state index contributed by atoms with van der Waals surface area (Å²) in [6, 6.07) is 3.98. The molecule has 0 spiro atoms. The van der Waals surface area contributed by atoms with Gasteiger partial charge in [0.25, 0.3) is 0 Å². The number of carbonyl (C=O) groups is 1. The van der Waals surface area contributed by atoms with Crippen molar-refractivity contribution in [2.45, 2.75) is 19.8 Å². The molecule has 0 unspecified atom stereocenters. The maximum absolute atomic E-state index is 13.0. The molecule has 0 aliphatic carbocycles. The van der Waals surface area contributed by atoms with E-state index in [9.17, 15) is 9.18 Å². The fourth-order valence-corrected chi connectivity index (χ4v) is 1.68. The first kappa shape index (κ1) is 13.2. The molecule has 0 heterocycles. The van der Waals surface area contributed by atoms with Crippen molar-refractivity contribution >= 4 is 21.7 Å².